The van der Waals surface area contributed by atoms with E-state index < -0.39 is 10.0 Å². The van der Waals surface area contributed by atoms with Gasteiger partial charge in [-0.25, -0.2) is 22.5 Å². The highest BCUT2D eigenvalue weighted by molar-refractivity contribution is 7.88. The smallest absolute Gasteiger partial charge is 0.319 e. The lowest BCUT2D eigenvalue weighted by atomic mass is 10.1. The number of nitrogens with one attached hydrogen (secondary N) is 2. The summed E-state index contributed by atoms with van der Waals surface area (Å²) in [6.45, 7) is 0.849. The fourth-order valence-corrected chi connectivity index (χ4v) is 3.13. The molecule has 22 heavy (non-hydrogen) atoms. The minimum Gasteiger partial charge on any atom is -0.481 e. The lowest BCUT2D eigenvalue weighted by Crippen LogP contribution is -2.47. The van der Waals surface area contributed by atoms with Crippen LogP contribution in [-0.4, -0.2) is 56.2 Å². The predicted octanol–water partition coefficient (Wildman–Crippen LogP) is 0.636. The number of methoxy groups -OCH3 is 1. The first-order valence-corrected chi connectivity index (χ1v) is 8.76. The van der Waals surface area contributed by atoms with Crippen LogP contribution in [0.5, 0.6) is 5.88 Å². The van der Waals surface area contributed by atoms with Crippen LogP contribution in [0, 0.1) is 0 Å². The molecule has 9 heteroatoms. The van der Waals surface area contributed by atoms with E-state index in [2.05, 4.69) is 15.6 Å². The van der Waals surface area contributed by atoms with Crippen LogP contribution < -0.4 is 15.4 Å². The van der Waals surface area contributed by atoms with Crippen LogP contribution in [0.25, 0.3) is 0 Å². The molecule has 2 rings (SSSR count). The molecule has 2 amide bonds. The molecule has 1 fully saturated rings. The van der Waals surface area contributed by atoms with Crippen LogP contribution in [0.1, 0.15) is 12.8 Å². The van der Waals surface area contributed by atoms with Gasteiger partial charge in [0.25, 0.3) is 0 Å². The predicted molar refractivity (Wildman–Crippen MR) is 82.4 cm³/mol. The van der Waals surface area contributed by atoms with E-state index in [4.69, 9.17) is 4.74 Å². The molecule has 1 saturated heterocycles. The largest absolute Gasteiger partial charge is 0.481 e. The van der Waals surface area contributed by atoms with Gasteiger partial charge < -0.3 is 15.4 Å². The van der Waals surface area contributed by atoms with Gasteiger partial charge >= 0.3 is 6.03 Å². The Morgan fingerprint density at radius 3 is 2.55 bits per heavy atom. The van der Waals surface area contributed by atoms with Crippen molar-refractivity contribution in [2.24, 2.45) is 0 Å². The maximum absolute atomic E-state index is 11.9. The number of amides is 2. The summed E-state index contributed by atoms with van der Waals surface area (Å²) in [5, 5.41) is 5.52. The molecule has 8 nitrogen and oxygen atoms in total. The van der Waals surface area contributed by atoms with Crippen LogP contribution >= 0.6 is 0 Å². The third kappa shape index (κ3) is 4.57. The quantitative estimate of drug-likeness (QED) is 0.844. The molecule has 0 aliphatic carbocycles. The first-order valence-electron chi connectivity index (χ1n) is 6.91. The second-order valence-electron chi connectivity index (χ2n) is 5.12. The highest BCUT2D eigenvalue weighted by atomic mass is 32.2. The van der Waals surface area contributed by atoms with Crippen LogP contribution in [-0.2, 0) is 10.0 Å². The molecule has 2 N–H and O–H groups in total. The normalized spacial score (nSPS) is 17.0. The van der Waals surface area contributed by atoms with Crippen LogP contribution in [0.15, 0.2) is 18.3 Å². The zero-order valence-corrected chi connectivity index (χ0v) is 13.4. The number of rotatable bonds is 4. The number of piperidine rings is 1. The molecule has 1 aromatic rings. The van der Waals surface area contributed by atoms with Gasteiger partial charge in [0.15, 0.2) is 0 Å². The average Bonchev–Trinajstić information content (AvgIpc) is 2.47. The Morgan fingerprint density at radius 2 is 2.05 bits per heavy atom. The molecule has 0 atom stereocenters. The number of carbonyl (C=O) groups is 1. The summed E-state index contributed by atoms with van der Waals surface area (Å²) >= 11 is 0. The molecule has 0 radical (unpaired) electrons. The van der Waals surface area contributed by atoms with Gasteiger partial charge in [0.05, 0.1) is 25.2 Å². The third-order valence-electron chi connectivity index (χ3n) is 3.46. The van der Waals surface area contributed by atoms with Crippen molar-refractivity contribution >= 4 is 21.7 Å². The topological polar surface area (TPSA) is 101 Å². The maximum atomic E-state index is 11.9. The molecule has 0 bridgehead atoms. The molecule has 0 aromatic carbocycles. The molecular formula is C13H20N4O4S. The molecule has 0 spiro atoms. The summed E-state index contributed by atoms with van der Waals surface area (Å²) in [4.78, 5) is 15.9. The molecule has 0 unspecified atom stereocenters. The minimum absolute atomic E-state index is 0.0378. The number of sulfonamides is 1. The molecular weight excluding hydrogens is 308 g/mol. The van der Waals surface area contributed by atoms with E-state index in [1.807, 2.05) is 0 Å². The van der Waals surface area contributed by atoms with Gasteiger partial charge in [0.1, 0.15) is 0 Å². The Balaban J connectivity index is 1.80. The van der Waals surface area contributed by atoms with Crippen molar-refractivity contribution in [2.45, 2.75) is 18.9 Å². The van der Waals surface area contributed by atoms with E-state index in [0.717, 1.165) is 0 Å². The van der Waals surface area contributed by atoms with Gasteiger partial charge in [-0.2, -0.15) is 0 Å². The van der Waals surface area contributed by atoms with E-state index in [1.54, 1.807) is 12.1 Å². The van der Waals surface area contributed by atoms with Crippen molar-refractivity contribution < 1.29 is 17.9 Å². The highest BCUT2D eigenvalue weighted by Gasteiger charge is 2.25. The maximum Gasteiger partial charge on any atom is 0.319 e. The van der Waals surface area contributed by atoms with Gasteiger partial charge in [0, 0.05) is 25.2 Å². The lowest BCUT2D eigenvalue weighted by Gasteiger charge is -2.30. The number of hydrogen-bond donors (Lipinski definition) is 2. The van der Waals surface area contributed by atoms with Gasteiger partial charge in [-0.1, -0.05) is 0 Å². The standard InChI is InChI=1S/C13H20N4O4S/c1-21-12-4-3-11(9-14-12)16-13(18)15-10-5-7-17(8-6-10)22(2,19)20/h3-4,9-10H,5-8H2,1-2H3,(H2,15,16,18). The second kappa shape index (κ2) is 6.93. The van der Waals surface area contributed by atoms with Crippen molar-refractivity contribution in [1.29, 1.82) is 0 Å². The second-order valence-corrected chi connectivity index (χ2v) is 7.11. The van der Waals surface area contributed by atoms with Crippen LogP contribution in [0.4, 0.5) is 10.5 Å². The molecule has 1 aliphatic heterocycles. The van der Waals surface area contributed by atoms with Gasteiger partial charge in [-0.3, -0.25) is 0 Å². The highest BCUT2D eigenvalue weighted by Crippen LogP contribution is 2.14. The third-order valence-corrected chi connectivity index (χ3v) is 4.76. The molecule has 1 aliphatic rings. The average molecular weight is 328 g/mol. The van der Waals surface area contributed by atoms with Crippen molar-refractivity contribution in [3.63, 3.8) is 0 Å². The Hall–Kier alpha value is -1.87. The molecule has 1 aromatic heterocycles. The van der Waals surface area contributed by atoms with Crippen molar-refractivity contribution in [3.8, 4) is 5.88 Å². The fraction of sp³-hybridized carbons (Fsp3) is 0.538. The van der Waals surface area contributed by atoms with Crippen LogP contribution in [0.2, 0.25) is 0 Å². The van der Waals surface area contributed by atoms with Crippen molar-refractivity contribution in [3.05, 3.63) is 18.3 Å². The Bertz CT molecular complexity index is 609. The first-order chi connectivity index (χ1) is 10.4. The summed E-state index contributed by atoms with van der Waals surface area (Å²) in [5.74, 6) is 0.471. The number of carbonyl (C=O) groups excluding carboxylic acids is 1. The first kappa shape index (κ1) is 16.5. The van der Waals surface area contributed by atoms with E-state index in [0.29, 0.717) is 37.5 Å². The fourth-order valence-electron chi connectivity index (χ4n) is 2.26. The van der Waals surface area contributed by atoms with Crippen molar-refractivity contribution in [1.82, 2.24) is 14.6 Å². The van der Waals surface area contributed by atoms with Gasteiger partial charge in [-0.05, 0) is 18.9 Å². The number of hydrogen-bond acceptors (Lipinski definition) is 5. The number of nitrogens with zero attached hydrogens (tertiary/aromatic N) is 2. The summed E-state index contributed by atoms with van der Waals surface area (Å²) in [6, 6.07) is 2.98. The number of ether oxygens (including phenoxy) is 1. The van der Waals surface area contributed by atoms with E-state index in [1.165, 1.54) is 23.9 Å². The van der Waals surface area contributed by atoms with Crippen molar-refractivity contribution in [2.75, 3.05) is 31.8 Å². The number of anilines is 1. The molecule has 122 valence electrons. The molecule has 0 saturated carbocycles. The summed E-state index contributed by atoms with van der Waals surface area (Å²) in [7, 11) is -1.63. The number of pyridine rings is 1. The Morgan fingerprint density at radius 1 is 1.36 bits per heavy atom. The van der Waals surface area contributed by atoms with E-state index >= 15 is 0 Å². The zero-order valence-electron chi connectivity index (χ0n) is 12.6. The Kier molecular flexibility index (Phi) is 5.19. The van der Waals surface area contributed by atoms with E-state index in [9.17, 15) is 13.2 Å². The Labute approximate surface area is 129 Å². The number of urea groups is 1. The van der Waals surface area contributed by atoms with Crippen LogP contribution in [0.3, 0.4) is 0 Å². The minimum atomic E-state index is -3.15. The summed E-state index contributed by atoms with van der Waals surface area (Å²) < 4.78 is 29.2. The monoisotopic (exact) mass is 328 g/mol. The molecule has 2 heterocycles. The summed E-state index contributed by atoms with van der Waals surface area (Å²) in [5.41, 5.74) is 0.562. The van der Waals surface area contributed by atoms with Gasteiger partial charge in [0.2, 0.25) is 15.9 Å². The number of aromatic nitrogens is 1. The lowest BCUT2D eigenvalue weighted by molar-refractivity contribution is 0.238. The zero-order chi connectivity index (χ0) is 16.2. The SMILES string of the molecule is COc1ccc(NC(=O)NC2CCN(S(C)(=O)=O)CC2)cn1. The van der Waals surface area contributed by atoms with E-state index in [-0.39, 0.29) is 12.1 Å². The van der Waals surface area contributed by atoms with Gasteiger partial charge in [-0.15, -0.1) is 0 Å². The summed E-state index contributed by atoms with van der Waals surface area (Å²) in [6.07, 6.45) is 3.90.